The normalized spacial score (nSPS) is 13.7. The molecule has 0 unspecified atom stereocenters. The van der Waals surface area contributed by atoms with Crippen LogP contribution in [0.1, 0.15) is 124 Å². The highest BCUT2D eigenvalue weighted by Gasteiger charge is 2.62. The van der Waals surface area contributed by atoms with E-state index in [1.54, 1.807) is 0 Å². The fraction of sp³-hybridized carbons (Fsp3) is 0.864. The van der Waals surface area contributed by atoms with Crippen molar-refractivity contribution >= 4 is 63.4 Å². The fourth-order valence-electron chi connectivity index (χ4n) is 3.61. The number of hydrogen-bond donors (Lipinski definition) is 0. The minimum absolute atomic E-state index is 0.273. The molecule has 0 bridgehead atoms. The van der Waals surface area contributed by atoms with Crippen LogP contribution in [0.4, 0.5) is 0 Å². The van der Waals surface area contributed by atoms with E-state index < -0.39 is 63.4 Å². The number of unbranched alkanes of at least 4 members (excludes halogenated alkanes) is 14. The zero-order chi connectivity index (χ0) is 25.0. The Morgan fingerprint density at radius 2 is 0.853 bits per heavy atom. The van der Waals surface area contributed by atoms with Gasteiger partial charge < -0.3 is 19.9 Å². The fourth-order valence-corrected chi connectivity index (χ4v) is 10.5. The first kappa shape index (κ1) is 31.9. The monoisotopic (exact) mass is 530 g/mol. The Bertz CT molecular complexity index is 556. The zero-order valence-corrected chi connectivity index (χ0v) is 24.7. The summed E-state index contributed by atoms with van der Waals surface area (Å²) < 4.78 is 31.3. The molecule has 0 saturated carbocycles. The molecule has 34 heavy (non-hydrogen) atoms. The summed E-state index contributed by atoms with van der Waals surface area (Å²) in [7, 11) is 0. The van der Waals surface area contributed by atoms with E-state index in [0.29, 0.717) is 0 Å². The summed E-state index contributed by atoms with van der Waals surface area (Å²) >= 11 is -8.70. The molecular formula is C22H41Al3O9. The van der Waals surface area contributed by atoms with Crippen molar-refractivity contribution in [3.8, 4) is 0 Å². The van der Waals surface area contributed by atoms with Crippen LogP contribution >= 0.6 is 0 Å². The maximum Gasteiger partial charge on any atom is 0.949 e. The summed E-state index contributed by atoms with van der Waals surface area (Å²) in [6.07, 6.45) is 19.1. The van der Waals surface area contributed by atoms with Gasteiger partial charge in [-0.1, -0.05) is 96.8 Å². The molecule has 0 aliphatic carbocycles. The van der Waals surface area contributed by atoms with Crippen LogP contribution in [0.2, 0.25) is 0 Å². The van der Waals surface area contributed by atoms with E-state index in [0.717, 1.165) is 19.3 Å². The average molecular weight is 531 g/mol. The van der Waals surface area contributed by atoms with Gasteiger partial charge in [0.2, 0.25) is 0 Å². The van der Waals surface area contributed by atoms with Crippen molar-refractivity contribution in [2.45, 2.75) is 124 Å². The molecule has 192 valence electrons. The molecule has 0 aromatic heterocycles. The van der Waals surface area contributed by atoms with Gasteiger partial charge in [0.1, 0.15) is 0 Å². The van der Waals surface area contributed by atoms with E-state index >= 15 is 0 Å². The molecule has 9 nitrogen and oxygen atoms in total. The molecule has 0 radical (unpaired) electrons. The molecule has 0 spiro atoms. The van der Waals surface area contributed by atoms with Gasteiger partial charge in [-0.3, -0.25) is 14.4 Å². The van der Waals surface area contributed by atoms with Crippen molar-refractivity contribution < 1.29 is 34.3 Å². The van der Waals surface area contributed by atoms with Crippen LogP contribution < -0.4 is 0 Å². The standard InChI is InChI=1S/C18H36O2.2C2H4O2.3Al.3O/c1-2-3-4-5-6-7-8-9-10-11-12-13-14-15-16-17-18(19)20;2*1-2(3)4;;;;;;/h2-17H2,1H3,(H,19,20);2*1H3,(H,3,4);;;;;;/q;;;3*+1;;;/p-3. The van der Waals surface area contributed by atoms with Gasteiger partial charge >= 0.3 is 45.4 Å². The predicted molar refractivity (Wildman–Crippen MR) is 130 cm³/mol. The Kier molecular flexibility index (Phi) is 19.7. The van der Waals surface area contributed by atoms with Crippen molar-refractivity contribution in [2.24, 2.45) is 0 Å². The predicted octanol–water partition coefficient (Wildman–Crippen LogP) is 4.94. The smallest absolute Gasteiger partial charge is 0.575 e. The van der Waals surface area contributed by atoms with E-state index in [1.807, 2.05) is 0 Å². The van der Waals surface area contributed by atoms with Crippen molar-refractivity contribution in [3.05, 3.63) is 0 Å². The molecule has 0 N–H and O–H groups in total. The molecule has 1 aliphatic heterocycles. The number of carbonyl (C=O) groups excluding carboxylic acids is 3. The van der Waals surface area contributed by atoms with E-state index in [4.69, 9.17) is 19.9 Å². The van der Waals surface area contributed by atoms with Gasteiger partial charge in [0.25, 0.3) is 17.9 Å². The van der Waals surface area contributed by atoms with Gasteiger partial charge in [0.15, 0.2) is 0 Å². The molecule has 1 saturated heterocycles. The molecule has 1 heterocycles. The van der Waals surface area contributed by atoms with Crippen molar-refractivity contribution in [1.82, 2.24) is 0 Å². The minimum Gasteiger partial charge on any atom is -0.575 e. The third-order valence-corrected chi connectivity index (χ3v) is 12.2. The van der Waals surface area contributed by atoms with E-state index in [2.05, 4.69) is 6.92 Å². The van der Waals surface area contributed by atoms with Crippen LogP contribution in [0.25, 0.3) is 0 Å². The molecule has 0 atom stereocenters. The summed E-state index contributed by atoms with van der Waals surface area (Å²) in [5, 5.41) is 0. The second kappa shape index (κ2) is 21.0. The van der Waals surface area contributed by atoms with Crippen LogP contribution in [0, 0.1) is 0 Å². The van der Waals surface area contributed by atoms with E-state index in [-0.39, 0.29) is 6.42 Å². The summed E-state index contributed by atoms with van der Waals surface area (Å²) in [5.74, 6) is -1.57. The highest BCUT2D eigenvalue weighted by Crippen LogP contribution is 2.15. The zero-order valence-electron chi connectivity index (χ0n) is 21.2. The molecule has 0 amide bonds. The summed E-state index contributed by atoms with van der Waals surface area (Å²) in [4.78, 5) is 34.5. The van der Waals surface area contributed by atoms with Gasteiger partial charge in [-0.2, -0.15) is 0 Å². The average Bonchev–Trinajstić information content (AvgIpc) is 2.75. The molecule has 0 aromatic carbocycles. The Morgan fingerprint density at radius 3 is 1.21 bits per heavy atom. The Labute approximate surface area is 220 Å². The number of carbonyl (C=O) groups is 3. The maximum atomic E-state index is 12.1. The third kappa shape index (κ3) is 18.2. The number of hydrogen-bond acceptors (Lipinski definition) is 9. The minimum atomic E-state index is -2.92. The molecule has 1 aliphatic rings. The lowest BCUT2D eigenvalue weighted by Gasteiger charge is -2.25. The van der Waals surface area contributed by atoms with Gasteiger partial charge in [0, 0.05) is 20.3 Å². The Hall–Kier alpha value is -0.113. The van der Waals surface area contributed by atoms with Crippen LogP contribution in [0.3, 0.4) is 0 Å². The SMILES string of the molecule is CCCCCCCCCCCCCCCCCC(=O)[O][Al]1[O][Al]([O]C(C)=O)[O][Al]([O]C(C)=O)[O]1. The van der Waals surface area contributed by atoms with Crippen molar-refractivity contribution in [1.29, 1.82) is 0 Å². The first-order valence-electron chi connectivity index (χ1n) is 12.9. The van der Waals surface area contributed by atoms with Gasteiger partial charge in [-0.25, -0.2) is 0 Å². The largest absolute Gasteiger partial charge is 0.949 e. The molecule has 12 heteroatoms. The topological polar surface area (TPSA) is 107 Å². The van der Waals surface area contributed by atoms with Crippen LogP contribution in [0.5, 0.6) is 0 Å². The Morgan fingerprint density at radius 1 is 0.529 bits per heavy atom. The van der Waals surface area contributed by atoms with E-state index in [1.165, 1.54) is 90.9 Å². The number of rotatable bonds is 19. The van der Waals surface area contributed by atoms with Crippen LogP contribution in [0.15, 0.2) is 0 Å². The van der Waals surface area contributed by atoms with Gasteiger partial charge in [-0.05, 0) is 6.42 Å². The van der Waals surface area contributed by atoms with Crippen LogP contribution in [-0.2, 0) is 34.3 Å². The quantitative estimate of drug-likeness (QED) is 0.170. The Balaban J connectivity index is 2.04. The van der Waals surface area contributed by atoms with E-state index in [9.17, 15) is 14.4 Å². The maximum absolute atomic E-state index is 12.1. The first-order valence-corrected chi connectivity index (χ1v) is 17.1. The second-order valence-electron chi connectivity index (χ2n) is 8.68. The highest BCUT2D eigenvalue weighted by atomic mass is 27.4. The lowest BCUT2D eigenvalue weighted by molar-refractivity contribution is -0.138. The van der Waals surface area contributed by atoms with Crippen LogP contribution in [-0.4, -0.2) is 63.4 Å². The first-order chi connectivity index (χ1) is 16.4. The lowest BCUT2D eigenvalue weighted by atomic mass is 10.0. The molecule has 0 aromatic rings. The summed E-state index contributed by atoms with van der Waals surface area (Å²) in [6, 6.07) is 0. The summed E-state index contributed by atoms with van der Waals surface area (Å²) in [6.45, 7) is 4.69. The lowest BCUT2D eigenvalue weighted by Crippen LogP contribution is -2.54. The highest BCUT2D eigenvalue weighted by molar-refractivity contribution is 6.68. The van der Waals surface area contributed by atoms with Gasteiger partial charge in [0.05, 0.1) is 0 Å². The second-order valence-corrected chi connectivity index (χ2v) is 14.4. The van der Waals surface area contributed by atoms with Crippen molar-refractivity contribution in [2.75, 3.05) is 0 Å². The molecule has 1 rings (SSSR count). The van der Waals surface area contributed by atoms with Crippen molar-refractivity contribution in [3.63, 3.8) is 0 Å². The molecule has 1 fully saturated rings. The summed E-state index contributed by atoms with van der Waals surface area (Å²) in [5.41, 5.74) is 0. The molecular weight excluding hydrogens is 489 g/mol. The van der Waals surface area contributed by atoms with Gasteiger partial charge in [-0.15, -0.1) is 0 Å². The third-order valence-electron chi connectivity index (χ3n) is 5.40.